The molecule has 0 aliphatic heterocycles. The minimum atomic E-state index is -4.70. The molecule has 0 aromatic rings. The molecule has 75 heavy (non-hydrogen) atoms. The molecule has 442 valence electrons. The van der Waals surface area contributed by atoms with Crippen molar-refractivity contribution in [2.45, 2.75) is 328 Å². The Morgan fingerprint density at radius 2 is 0.800 bits per heavy atom. The molecule has 9 nitrogen and oxygen atoms in total. The third kappa shape index (κ3) is 56.8. The summed E-state index contributed by atoms with van der Waals surface area (Å²) in [5.74, 6) is -0.539. The van der Waals surface area contributed by atoms with Crippen LogP contribution in [0.1, 0.15) is 316 Å². The Hall–Kier alpha value is -1.77. The smallest absolute Gasteiger partial charge is 0.306 e. The molecule has 0 aromatic heterocycles. The number of allylic oxidation sites excluding steroid dienone is 5. The van der Waals surface area contributed by atoms with E-state index < -0.39 is 20.0 Å². The van der Waals surface area contributed by atoms with Crippen molar-refractivity contribution in [1.29, 1.82) is 0 Å². The summed E-state index contributed by atoms with van der Waals surface area (Å²) in [5.41, 5.74) is 0. The molecule has 3 atom stereocenters. The summed E-state index contributed by atoms with van der Waals surface area (Å²) < 4.78 is 30.3. The van der Waals surface area contributed by atoms with Crippen LogP contribution in [0.3, 0.4) is 0 Å². The maximum atomic E-state index is 13.5. The molecule has 1 amide bonds. The summed E-state index contributed by atoms with van der Waals surface area (Å²) in [4.78, 5) is 40.0. The van der Waals surface area contributed by atoms with Crippen LogP contribution in [0, 0.1) is 0 Å². The molecular formula is C65H125N2O7P. The van der Waals surface area contributed by atoms with E-state index in [9.17, 15) is 19.0 Å². The quantitative estimate of drug-likeness (QED) is 0.0161. The summed E-state index contributed by atoms with van der Waals surface area (Å²) in [6, 6.07) is -0.891. The SMILES string of the molecule is CCCCC/C=C/C=C/CCCCCCCCC(=O)NC(COP(=O)([O-])OCC[N+](C)(C)C)C(/C=C\CCCCCCCCCCCCC)OC(=O)CCCCCCCCCCCCCCCCCCCCCCC. The second kappa shape index (κ2) is 55.5. The van der Waals surface area contributed by atoms with Crippen LogP contribution < -0.4 is 10.2 Å². The van der Waals surface area contributed by atoms with Crippen molar-refractivity contribution < 1.29 is 37.3 Å². The van der Waals surface area contributed by atoms with Gasteiger partial charge in [0, 0.05) is 12.8 Å². The molecule has 0 saturated carbocycles. The van der Waals surface area contributed by atoms with Crippen molar-refractivity contribution in [3.05, 3.63) is 36.5 Å². The number of unbranched alkanes of at least 4 members (excludes halogenated alkanes) is 40. The zero-order valence-electron chi connectivity index (χ0n) is 50.5. The molecule has 0 aliphatic carbocycles. The van der Waals surface area contributed by atoms with Crippen LogP contribution in [0.2, 0.25) is 0 Å². The van der Waals surface area contributed by atoms with Crippen LogP contribution in [-0.2, 0) is 27.9 Å². The summed E-state index contributed by atoms with van der Waals surface area (Å²) in [6.07, 6.45) is 66.8. The molecule has 0 aromatic carbocycles. The monoisotopic (exact) mass is 1080 g/mol. The van der Waals surface area contributed by atoms with Crippen molar-refractivity contribution in [3.63, 3.8) is 0 Å². The fraction of sp³-hybridized carbons (Fsp3) is 0.877. The molecule has 0 rings (SSSR count). The van der Waals surface area contributed by atoms with Gasteiger partial charge < -0.3 is 28.5 Å². The zero-order chi connectivity index (χ0) is 55.0. The van der Waals surface area contributed by atoms with Gasteiger partial charge in [-0.3, -0.25) is 14.2 Å². The third-order valence-corrected chi connectivity index (χ3v) is 15.6. The number of carbonyl (C=O) groups is 2. The number of phosphoric acid groups is 1. The van der Waals surface area contributed by atoms with Crippen molar-refractivity contribution >= 4 is 19.7 Å². The maximum Gasteiger partial charge on any atom is 0.306 e. The average Bonchev–Trinajstić information content (AvgIpc) is 3.37. The lowest BCUT2D eigenvalue weighted by Crippen LogP contribution is -2.47. The molecule has 1 N–H and O–H groups in total. The van der Waals surface area contributed by atoms with Gasteiger partial charge in [0.1, 0.15) is 19.3 Å². The normalized spacial score (nSPS) is 13.9. The van der Waals surface area contributed by atoms with E-state index in [1.807, 2.05) is 33.3 Å². The number of ether oxygens (including phenoxy) is 1. The van der Waals surface area contributed by atoms with E-state index >= 15 is 0 Å². The number of nitrogens with one attached hydrogen (secondary N) is 1. The average molecular weight is 1080 g/mol. The number of nitrogens with zero attached hydrogens (tertiary/aromatic N) is 1. The number of hydrogen-bond acceptors (Lipinski definition) is 7. The highest BCUT2D eigenvalue weighted by Crippen LogP contribution is 2.38. The molecule has 0 heterocycles. The van der Waals surface area contributed by atoms with Crippen LogP contribution in [0.25, 0.3) is 0 Å². The Morgan fingerprint density at radius 3 is 1.20 bits per heavy atom. The number of carbonyl (C=O) groups excluding carboxylic acids is 2. The summed E-state index contributed by atoms with van der Waals surface area (Å²) in [5, 5.41) is 3.03. The maximum absolute atomic E-state index is 13.5. The molecule has 0 fully saturated rings. The lowest BCUT2D eigenvalue weighted by atomic mass is 10.0. The lowest BCUT2D eigenvalue weighted by Gasteiger charge is -2.30. The number of quaternary nitrogens is 1. The van der Waals surface area contributed by atoms with E-state index in [2.05, 4.69) is 50.4 Å². The van der Waals surface area contributed by atoms with E-state index in [4.69, 9.17) is 13.8 Å². The minimum absolute atomic E-state index is 0.0225. The Morgan fingerprint density at radius 1 is 0.467 bits per heavy atom. The highest BCUT2D eigenvalue weighted by atomic mass is 31.2. The van der Waals surface area contributed by atoms with Gasteiger partial charge in [0.2, 0.25) is 5.91 Å². The van der Waals surface area contributed by atoms with E-state index in [0.29, 0.717) is 17.4 Å². The molecule has 0 spiro atoms. The first-order chi connectivity index (χ1) is 36.4. The zero-order valence-corrected chi connectivity index (χ0v) is 51.4. The van der Waals surface area contributed by atoms with E-state index in [1.165, 1.54) is 199 Å². The van der Waals surface area contributed by atoms with E-state index in [-0.39, 0.29) is 31.5 Å². The number of rotatable bonds is 59. The predicted molar refractivity (Wildman–Crippen MR) is 321 cm³/mol. The molecule has 0 aliphatic rings. The fourth-order valence-electron chi connectivity index (χ4n) is 9.57. The van der Waals surface area contributed by atoms with Crippen LogP contribution >= 0.6 is 7.82 Å². The molecule has 0 bridgehead atoms. The third-order valence-electron chi connectivity index (χ3n) is 14.6. The minimum Gasteiger partial charge on any atom is -0.756 e. The van der Waals surface area contributed by atoms with Crippen molar-refractivity contribution in [1.82, 2.24) is 5.32 Å². The molecular weight excluding hydrogens is 952 g/mol. The van der Waals surface area contributed by atoms with Crippen molar-refractivity contribution in [3.8, 4) is 0 Å². The van der Waals surface area contributed by atoms with E-state index in [0.717, 1.165) is 83.5 Å². The Bertz CT molecular complexity index is 1380. The van der Waals surface area contributed by atoms with Gasteiger partial charge in [0.15, 0.2) is 0 Å². The van der Waals surface area contributed by atoms with E-state index in [1.54, 1.807) is 0 Å². The second-order valence-electron chi connectivity index (χ2n) is 23.3. The Kier molecular flexibility index (Phi) is 54.2. The van der Waals surface area contributed by atoms with Gasteiger partial charge in [0.25, 0.3) is 7.82 Å². The highest BCUT2D eigenvalue weighted by Gasteiger charge is 2.27. The predicted octanol–water partition coefficient (Wildman–Crippen LogP) is 19.3. The van der Waals surface area contributed by atoms with Crippen LogP contribution in [0.4, 0.5) is 0 Å². The summed E-state index contributed by atoms with van der Waals surface area (Å²) >= 11 is 0. The standard InChI is InChI=1S/C65H125N2O7P/c1-7-10-13-16-19-22-25-28-30-31-32-33-34-35-37-40-43-46-49-52-55-58-65(69)74-63(56-53-50-47-44-41-38-27-24-21-18-15-12-9-3)62(61-73-75(70,71)72-60-59-67(4,5)6)66-64(68)57-54-51-48-45-42-39-36-29-26-23-20-17-14-11-8-2/h20,23,26,29,53,56,62-63H,7-19,21-22,24-25,27-28,30-52,54-55,57-61H2,1-6H3,(H-,66,68,70,71)/b23-20+,29-26+,56-53-. The van der Waals surface area contributed by atoms with Gasteiger partial charge in [-0.05, 0) is 57.4 Å². The fourth-order valence-corrected chi connectivity index (χ4v) is 10.3. The van der Waals surface area contributed by atoms with Gasteiger partial charge >= 0.3 is 5.97 Å². The van der Waals surface area contributed by atoms with Crippen LogP contribution in [-0.4, -0.2) is 69.4 Å². The van der Waals surface area contributed by atoms with Gasteiger partial charge in [0.05, 0.1) is 33.8 Å². The number of hydrogen-bond donors (Lipinski definition) is 1. The first-order valence-corrected chi connectivity index (χ1v) is 33.8. The summed E-state index contributed by atoms with van der Waals surface area (Å²) in [6.45, 7) is 6.85. The number of likely N-dealkylation sites (N-methyl/N-ethyl adjacent to an activating group) is 1. The van der Waals surface area contributed by atoms with Gasteiger partial charge in [-0.25, -0.2) is 0 Å². The molecule has 10 heteroatoms. The number of amides is 1. The number of esters is 1. The second-order valence-corrected chi connectivity index (χ2v) is 24.7. The molecule has 0 radical (unpaired) electrons. The first kappa shape index (κ1) is 73.2. The van der Waals surface area contributed by atoms with Gasteiger partial charge in [-0.15, -0.1) is 0 Å². The van der Waals surface area contributed by atoms with Crippen LogP contribution in [0.5, 0.6) is 0 Å². The topological polar surface area (TPSA) is 114 Å². The lowest BCUT2D eigenvalue weighted by molar-refractivity contribution is -0.870. The summed E-state index contributed by atoms with van der Waals surface area (Å²) in [7, 11) is 1.19. The molecule has 3 unspecified atom stereocenters. The van der Waals surface area contributed by atoms with Crippen LogP contribution in [0.15, 0.2) is 36.5 Å². The Balaban J connectivity index is 5.20. The first-order valence-electron chi connectivity index (χ1n) is 32.3. The van der Waals surface area contributed by atoms with Crippen molar-refractivity contribution in [2.24, 2.45) is 0 Å². The Labute approximate surface area is 466 Å². The van der Waals surface area contributed by atoms with Crippen molar-refractivity contribution in [2.75, 3.05) is 40.9 Å². The largest absolute Gasteiger partial charge is 0.756 e. The highest BCUT2D eigenvalue weighted by molar-refractivity contribution is 7.45. The van der Waals surface area contributed by atoms with Gasteiger partial charge in [-0.2, -0.15) is 0 Å². The number of phosphoric ester groups is 1. The van der Waals surface area contributed by atoms with Gasteiger partial charge in [-0.1, -0.05) is 282 Å². The molecule has 0 saturated heterocycles.